The first kappa shape index (κ1) is 13.2. The summed E-state index contributed by atoms with van der Waals surface area (Å²) < 4.78 is 0. The van der Waals surface area contributed by atoms with Crippen molar-refractivity contribution in [3.63, 3.8) is 0 Å². The fourth-order valence-electron chi connectivity index (χ4n) is 2.13. The van der Waals surface area contributed by atoms with Gasteiger partial charge >= 0.3 is 0 Å². The zero-order valence-corrected chi connectivity index (χ0v) is 11.4. The first-order valence-electron chi connectivity index (χ1n) is 6.04. The molecule has 98 valence electrons. The van der Waals surface area contributed by atoms with E-state index in [1.165, 1.54) is 0 Å². The Labute approximate surface area is 112 Å². The van der Waals surface area contributed by atoms with Gasteiger partial charge in [-0.3, -0.25) is 4.79 Å². The molecule has 1 aromatic carbocycles. The molecule has 18 heavy (non-hydrogen) atoms. The first-order valence-corrected chi connectivity index (χ1v) is 6.42. The highest BCUT2D eigenvalue weighted by Crippen LogP contribution is 2.24. The molecular formula is C13H18ClN3O. The predicted octanol–water partition coefficient (Wildman–Crippen LogP) is 1.70. The highest BCUT2D eigenvalue weighted by atomic mass is 35.5. The summed E-state index contributed by atoms with van der Waals surface area (Å²) in [5.41, 5.74) is 6.73. The van der Waals surface area contributed by atoms with Crippen LogP contribution < -0.4 is 5.73 Å². The Balaban J connectivity index is 2.19. The SMILES string of the molecule is CC1CN(C(=O)c2cccc(Cl)c2N)CCN1C. The van der Waals surface area contributed by atoms with Crippen LogP contribution >= 0.6 is 11.6 Å². The Kier molecular flexibility index (Phi) is 3.78. The van der Waals surface area contributed by atoms with E-state index in [1.54, 1.807) is 18.2 Å². The zero-order valence-electron chi connectivity index (χ0n) is 10.7. The molecule has 4 nitrogen and oxygen atoms in total. The van der Waals surface area contributed by atoms with Crippen LogP contribution in [0.2, 0.25) is 5.02 Å². The van der Waals surface area contributed by atoms with E-state index in [1.807, 2.05) is 4.90 Å². The van der Waals surface area contributed by atoms with Crippen molar-refractivity contribution in [2.45, 2.75) is 13.0 Å². The molecule has 2 rings (SSSR count). The lowest BCUT2D eigenvalue weighted by atomic mass is 10.1. The summed E-state index contributed by atoms with van der Waals surface area (Å²) in [6.45, 7) is 4.45. The molecule has 1 fully saturated rings. The van der Waals surface area contributed by atoms with Gasteiger partial charge in [-0.2, -0.15) is 0 Å². The molecule has 1 aliphatic heterocycles. The molecule has 2 N–H and O–H groups in total. The Morgan fingerprint density at radius 2 is 2.17 bits per heavy atom. The van der Waals surface area contributed by atoms with Crippen molar-refractivity contribution in [1.29, 1.82) is 0 Å². The topological polar surface area (TPSA) is 49.6 Å². The fourth-order valence-corrected chi connectivity index (χ4v) is 2.30. The van der Waals surface area contributed by atoms with E-state index in [9.17, 15) is 4.79 Å². The second-order valence-electron chi connectivity index (χ2n) is 4.78. The van der Waals surface area contributed by atoms with Gasteiger partial charge in [0.05, 0.1) is 16.3 Å². The van der Waals surface area contributed by atoms with Crippen LogP contribution in [-0.4, -0.2) is 48.4 Å². The molecule has 1 heterocycles. The number of amides is 1. The van der Waals surface area contributed by atoms with E-state index >= 15 is 0 Å². The second-order valence-corrected chi connectivity index (χ2v) is 5.19. The summed E-state index contributed by atoms with van der Waals surface area (Å²) in [5, 5.41) is 0.433. The summed E-state index contributed by atoms with van der Waals surface area (Å²) in [6.07, 6.45) is 0. The van der Waals surface area contributed by atoms with E-state index in [-0.39, 0.29) is 5.91 Å². The number of hydrogen-bond acceptors (Lipinski definition) is 3. The van der Waals surface area contributed by atoms with Crippen LogP contribution in [0.5, 0.6) is 0 Å². The Hall–Kier alpha value is -1.26. The molecule has 1 saturated heterocycles. The van der Waals surface area contributed by atoms with Crippen LogP contribution in [0.1, 0.15) is 17.3 Å². The molecule has 5 heteroatoms. The minimum absolute atomic E-state index is 0.0325. The number of carbonyl (C=O) groups is 1. The number of carbonyl (C=O) groups excluding carboxylic acids is 1. The molecule has 0 spiro atoms. The van der Waals surface area contributed by atoms with E-state index < -0.39 is 0 Å². The summed E-state index contributed by atoms with van der Waals surface area (Å²) >= 11 is 5.94. The second kappa shape index (κ2) is 5.16. The van der Waals surface area contributed by atoms with Crippen molar-refractivity contribution >= 4 is 23.2 Å². The number of rotatable bonds is 1. The highest BCUT2D eigenvalue weighted by molar-refractivity contribution is 6.33. The van der Waals surface area contributed by atoms with Crippen LogP contribution in [0.25, 0.3) is 0 Å². The predicted molar refractivity (Wildman–Crippen MR) is 73.9 cm³/mol. The van der Waals surface area contributed by atoms with Crippen molar-refractivity contribution in [2.24, 2.45) is 0 Å². The van der Waals surface area contributed by atoms with Gasteiger partial charge < -0.3 is 15.5 Å². The first-order chi connectivity index (χ1) is 8.50. The maximum absolute atomic E-state index is 12.4. The lowest BCUT2D eigenvalue weighted by Crippen LogP contribution is -2.52. The van der Waals surface area contributed by atoms with Gasteiger partial charge in [-0.25, -0.2) is 0 Å². The van der Waals surface area contributed by atoms with Crippen molar-refractivity contribution in [3.8, 4) is 0 Å². The third kappa shape index (κ3) is 2.44. The van der Waals surface area contributed by atoms with E-state index in [2.05, 4.69) is 18.9 Å². The van der Waals surface area contributed by atoms with E-state index in [0.29, 0.717) is 22.3 Å². The zero-order chi connectivity index (χ0) is 13.3. The molecule has 0 radical (unpaired) electrons. The van der Waals surface area contributed by atoms with Gasteiger partial charge in [0.2, 0.25) is 0 Å². The minimum atomic E-state index is -0.0325. The smallest absolute Gasteiger partial charge is 0.256 e. The molecule has 1 aliphatic rings. The molecule has 0 aliphatic carbocycles. The standard InChI is InChI=1S/C13H18ClN3O/c1-9-8-17(7-6-16(9)2)13(18)10-4-3-5-11(14)12(10)15/h3-5,9H,6-8,15H2,1-2H3. The number of nitrogens with zero attached hydrogens (tertiary/aromatic N) is 2. The Morgan fingerprint density at radius 3 is 2.83 bits per heavy atom. The van der Waals surface area contributed by atoms with Crippen molar-refractivity contribution in [3.05, 3.63) is 28.8 Å². The van der Waals surface area contributed by atoms with Gasteiger partial charge in [0.25, 0.3) is 5.91 Å². The maximum Gasteiger partial charge on any atom is 0.256 e. The number of likely N-dealkylation sites (N-methyl/N-ethyl adjacent to an activating group) is 1. The largest absolute Gasteiger partial charge is 0.397 e. The summed E-state index contributed by atoms with van der Waals surface area (Å²) in [7, 11) is 2.07. The number of benzene rings is 1. The van der Waals surface area contributed by atoms with Gasteiger partial charge in [0.1, 0.15) is 0 Å². The average molecular weight is 268 g/mol. The van der Waals surface area contributed by atoms with Crippen LogP contribution in [0.15, 0.2) is 18.2 Å². The minimum Gasteiger partial charge on any atom is -0.397 e. The summed E-state index contributed by atoms with van der Waals surface area (Å²) in [4.78, 5) is 16.5. The number of para-hydroxylation sites is 1. The molecule has 1 amide bonds. The quantitative estimate of drug-likeness (QED) is 0.788. The monoisotopic (exact) mass is 267 g/mol. The fraction of sp³-hybridized carbons (Fsp3) is 0.462. The van der Waals surface area contributed by atoms with Gasteiger partial charge in [-0.15, -0.1) is 0 Å². The van der Waals surface area contributed by atoms with Crippen molar-refractivity contribution in [1.82, 2.24) is 9.80 Å². The molecule has 0 bridgehead atoms. The molecule has 1 aromatic rings. The lowest BCUT2D eigenvalue weighted by Gasteiger charge is -2.37. The molecule has 1 unspecified atom stereocenters. The van der Waals surface area contributed by atoms with Crippen molar-refractivity contribution < 1.29 is 4.79 Å². The Morgan fingerprint density at radius 1 is 1.44 bits per heavy atom. The molecule has 0 aromatic heterocycles. The van der Waals surface area contributed by atoms with Crippen LogP contribution in [0.3, 0.4) is 0 Å². The normalized spacial score (nSPS) is 21.1. The lowest BCUT2D eigenvalue weighted by molar-refractivity contribution is 0.0573. The van der Waals surface area contributed by atoms with Gasteiger partial charge in [-0.05, 0) is 26.1 Å². The number of nitrogen functional groups attached to an aromatic ring is 1. The van der Waals surface area contributed by atoms with Crippen LogP contribution in [0, 0.1) is 0 Å². The van der Waals surface area contributed by atoms with Gasteiger partial charge in [-0.1, -0.05) is 17.7 Å². The van der Waals surface area contributed by atoms with Crippen LogP contribution in [0.4, 0.5) is 5.69 Å². The number of hydrogen-bond donors (Lipinski definition) is 1. The molecular weight excluding hydrogens is 250 g/mol. The van der Waals surface area contributed by atoms with E-state index in [4.69, 9.17) is 17.3 Å². The van der Waals surface area contributed by atoms with Gasteiger partial charge in [0, 0.05) is 25.7 Å². The number of nitrogens with two attached hydrogens (primary N) is 1. The number of piperazine rings is 1. The van der Waals surface area contributed by atoms with Gasteiger partial charge in [0.15, 0.2) is 0 Å². The van der Waals surface area contributed by atoms with Crippen molar-refractivity contribution in [2.75, 3.05) is 32.4 Å². The Bertz CT molecular complexity index is 464. The summed E-state index contributed by atoms with van der Waals surface area (Å²) in [6, 6.07) is 5.54. The maximum atomic E-state index is 12.4. The third-order valence-electron chi connectivity index (χ3n) is 3.53. The highest BCUT2D eigenvalue weighted by Gasteiger charge is 2.26. The van der Waals surface area contributed by atoms with E-state index in [0.717, 1.165) is 19.6 Å². The molecule has 1 atom stereocenters. The third-order valence-corrected chi connectivity index (χ3v) is 3.86. The van der Waals surface area contributed by atoms with Crippen LogP contribution in [-0.2, 0) is 0 Å². The summed E-state index contributed by atoms with van der Waals surface area (Å²) in [5.74, 6) is -0.0325. The average Bonchev–Trinajstić information content (AvgIpc) is 2.35. The molecule has 0 saturated carbocycles. The number of halogens is 1. The number of anilines is 1.